The van der Waals surface area contributed by atoms with Gasteiger partial charge in [0.05, 0.1) is 19.3 Å². The number of nitrogens with zero attached hydrogens (tertiary/aromatic N) is 2. The number of unbranched alkanes of at least 4 members (excludes halogenated alkanes) is 9. The van der Waals surface area contributed by atoms with Gasteiger partial charge in [0.15, 0.2) is 0 Å². The van der Waals surface area contributed by atoms with Gasteiger partial charge in [-0.1, -0.05) is 76.8 Å². The van der Waals surface area contributed by atoms with Crippen molar-refractivity contribution in [1.29, 1.82) is 0 Å². The van der Waals surface area contributed by atoms with Gasteiger partial charge in [-0.2, -0.15) is 0 Å². The molecule has 1 aromatic carbocycles. The number of aldehydes is 2. The van der Waals surface area contributed by atoms with Crippen LogP contribution in [-0.2, 0) is 16.1 Å². The Labute approximate surface area is 224 Å². The highest BCUT2D eigenvalue weighted by Crippen LogP contribution is 2.28. The quantitative estimate of drug-likeness (QED) is 0.103. The second-order valence-corrected chi connectivity index (χ2v) is 11.3. The average molecular weight is 519 g/mol. The highest BCUT2D eigenvalue weighted by atomic mass is 32.2. The van der Waals surface area contributed by atoms with Gasteiger partial charge in [0, 0.05) is 30.1 Å². The topological polar surface area (TPSA) is 49.9 Å². The number of hydrogen-bond donors (Lipinski definition) is 0. The van der Waals surface area contributed by atoms with Crippen LogP contribution >= 0.6 is 11.8 Å². The van der Waals surface area contributed by atoms with E-state index in [4.69, 9.17) is 4.74 Å². The lowest BCUT2D eigenvalue weighted by atomic mass is 10.1. The third-order valence-electron chi connectivity index (χ3n) is 7.24. The normalized spacial score (nSPS) is 15.3. The maximum absolute atomic E-state index is 11.7. The third-order valence-corrected chi connectivity index (χ3v) is 8.43. The van der Waals surface area contributed by atoms with Crippen LogP contribution in [0, 0.1) is 0 Å². The molecular formula is C30H50N2O3S. The highest BCUT2D eigenvalue weighted by Gasteiger charge is 2.17. The summed E-state index contributed by atoms with van der Waals surface area (Å²) in [5.74, 6) is 1.08. The molecule has 1 atom stereocenters. The first-order valence-corrected chi connectivity index (χ1v) is 15.3. The van der Waals surface area contributed by atoms with E-state index in [1.54, 1.807) is 0 Å². The minimum atomic E-state index is -0.0948. The van der Waals surface area contributed by atoms with E-state index in [9.17, 15) is 9.59 Å². The Bertz CT molecular complexity index is 724. The molecule has 0 radical (unpaired) electrons. The SMILES string of the molecule is CCCC(C=O)N(C)Cc1c(C=O)cccc1SCCCCCCCCCCCCN1CCOCC1. The molecule has 1 aliphatic heterocycles. The molecule has 0 aromatic heterocycles. The second kappa shape index (κ2) is 19.8. The van der Waals surface area contributed by atoms with Crippen LogP contribution in [0.3, 0.4) is 0 Å². The van der Waals surface area contributed by atoms with Crippen molar-refractivity contribution in [3.05, 3.63) is 29.3 Å². The molecule has 1 heterocycles. The summed E-state index contributed by atoms with van der Waals surface area (Å²) in [5.41, 5.74) is 1.81. The number of hydrogen-bond acceptors (Lipinski definition) is 6. The van der Waals surface area contributed by atoms with E-state index in [-0.39, 0.29) is 6.04 Å². The number of carbonyl (C=O) groups is 2. The monoisotopic (exact) mass is 518 g/mol. The van der Waals surface area contributed by atoms with Crippen molar-refractivity contribution in [3.63, 3.8) is 0 Å². The average Bonchev–Trinajstić information content (AvgIpc) is 2.91. The molecule has 5 nitrogen and oxygen atoms in total. The summed E-state index contributed by atoms with van der Waals surface area (Å²) in [5, 5.41) is 0. The van der Waals surface area contributed by atoms with Gasteiger partial charge in [0.1, 0.15) is 12.6 Å². The first kappa shape index (κ1) is 31.0. The Balaban J connectivity index is 1.55. The molecule has 0 amide bonds. The van der Waals surface area contributed by atoms with Crippen LogP contribution in [0.25, 0.3) is 0 Å². The molecule has 1 saturated heterocycles. The largest absolute Gasteiger partial charge is 0.379 e. The van der Waals surface area contributed by atoms with Crippen molar-refractivity contribution < 1.29 is 14.3 Å². The molecule has 2 rings (SSSR count). The van der Waals surface area contributed by atoms with Crippen LogP contribution in [0.5, 0.6) is 0 Å². The number of rotatable bonds is 21. The van der Waals surface area contributed by atoms with Gasteiger partial charge in [-0.05, 0) is 50.2 Å². The number of benzene rings is 1. The zero-order valence-corrected chi connectivity index (χ0v) is 23.7. The number of likely N-dealkylation sites (N-methyl/N-ethyl adjacent to an activating group) is 1. The van der Waals surface area contributed by atoms with E-state index in [2.05, 4.69) is 22.8 Å². The standard InChI is InChI=1S/C30H50N2O3S/c1-3-15-28(26-34)31(2)24-29-27(25-33)16-14-17-30(29)36-23-13-11-9-7-5-4-6-8-10-12-18-32-19-21-35-22-20-32/h14,16-17,25-26,28H,3-13,15,18-24H2,1-2H3. The smallest absolute Gasteiger partial charge is 0.150 e. The van der Waals surface area contributed by atoms with Crippen LogP contribution in [0.1, 0.15) is 99.9 Å². The van der Waals surface area contributed by atoms with Crippen molar-refractivity contribution in [2.24, 2.45) is 0 Å². The lowest BCUT2D eigenvalue weighted by Gasteiger charge is -2.26. The van der Waals surface area contributed by atoms with Crippen LogP contribution in [-0.4, -0.2) is 74.1 Å². The Morgan fingerprint density at radius 1 is 0.972 bits per heavy atom. The number of ether oxygens (including phenoxy) is 1. The van der Waals surface area contributed by atoms with Crippen molar-refractivity contribution in [1.82, 2.24) is 9.80 Å². The minimum Gasteiger partial charge on any atom is -0.379 e. The molecule has 36 heavy (non-hydrogen) atoms. The maximum Gasteiger partial charge on any atom is 0.150 e. The molecule has 6 heteroatoms. The number of carbonyl (C=O) groups excluding carboxylic acids is 2. The van der Waals surface area contributed by atoms with Gasteiger partial charge in [0.2, 0.25) is 0 Å². The molecule has 1 aliphatic rings. The van der Waals surface area contributed by atoms with E-state index < -0.39 is 0 Å². The van der Waals surface area contributed by atoms with E-state index in [0.717, 1.165) is 68.6 Å². The molecule has 204 valence electrons. The highest BCUT2D eigenvalue weighted by molar-refractivity contribution is 7.99. The Morgan fingerprint density at radius 3 is 2.22 bits per heavy atom. The molecule has 0 spiro atoms. The van der Waals surface area contributed by atoms with Gasteiger partial charge in [-0.3, -0.25) is 14.6 Å². The minimum absolute atomic E-state index is 0.0948. The van der Waals surface area contributed by atoms with E-state index in [0.29, 0.717) is 6.54 Å². The molecule has 1 aromatic rings. The summed E-state index contributed by atoms with van der Waals surface area (Å²) in [6, 6.07) is 5.89. The van der Waals surface area contributed by atoms with Crippen molar-refractivity contribution in [3.8, 4) is 0 Å². The Morgan fingerprint density at radius 2 is 1.61 bits per heavy atom. The number of morpholine rings is 1. The maximum atomic E-state index is 11.7. The van der Waals surface area contributed by atoms with Gasteiger partial charge < -0.3 is 9.53 Å². The molecule has 0 N–H and O–H groups in total. The van der Waals surface area contributed by atoms with E-state index in [1.807, 2.05) is 30.9 Å². The molecule has 1 unspecified atom stereocenters. The predicted molar refractivity (Wildman–Crippen MR) is 152 cm³/mol. The van der Waals surface area contributed by atoms with E-state index in [1.165, 1.54) is 75.6 Å². The lowest BCUT2D eigenvalue weighted by Crippen LogP contribution is -2.36. The fourth-order valence-corrected chi connectivity index (χ4v) is 6.01. The zero-order valence-electron chi connectivity index (χ0n) is 22.9. The van der Waals surface area contributed by atoms with Crippen LogP contribution in [0.15, 0.2) is 23.1 Å². The molecular weight excluding hydrogens is 468 g/mol. The Kier molecular flexibility index (Phi) is 17.1. The zero-order chi connectivity index (χ0) is 25.8. The first-order valence-electron chi connectivity index (χ1n) is 14.3. The summed E-state index contributed by atoms with van der Waals surface area (Å²) in [6.45, 7) is 8.02. The van der Waals surface area contributed by atoms with Crippen molar-refractivity contribution in [2.75, 3.05) is 45.6 Å². The van der Waals surface area contributed by atoms with Crippen LogP contribution in [0.2, 0.25) is 0 Å². The molecule has 1 fully saturated rings. The van der Waals surface area contributed by atoms with Gasteiger partial charge >= 0.3 is 0 Å². The summed E-state index contributed by atoms with van der Waals surface area (Å²) in [7, 11) is 1.98. The second-order valence-electron chi connectivity index (χ2n) is 10.2. The fraction of sp³-hybridized carbons (Fsp3) is 0.733. The molecule has 0 bridgehead atoms. The summed E-state index contributed by atoms with van der Waals surface area (Å²) < 4.78 is 5.41. The molecule has 0 saturated carbocycles. The van der Waals surface area contributed by atoms with Crippen molar-refractivity contribution >= 4 is 24.3 Å². The van der Waals surface area contributed by atoms with Gasteiger partial charge in [-0.25, -0.2) is 0 Å². The fourth-order valence-electron chi connectivity index (χ4n) is 4.91. The lowest BCUT2D eigenvalue weighted by molar-refractivity contribution is -0.112. The number of thioether (sulfide) groups is 1. The van der Waals surface area contributed by atoms with Crippen LogP contribution < -0.4 is 0 Å². The van der Waals surface area contributed by atoms with Crippen LogP contribution in [0.4, 0.5) is 0 Å². The van der Waals surface area contributed by atoms with Gasteiger partial charge in [-0.15, -0.1) is 11.8 Å². The summed E-state index contributed by atoms with van der Waals surface area (Å²) in [6.07, 6.45) is 17.2. The summed E-state index contributed by atoms with van der Waals surface area (Å²) in [4.78, 5) is 29.0. The Hall–Kier alpha value is -1.21. The van der Waals surface area contributed by atoms with Gasteiger partial charge in [0.25, 0.3) is 0 Å². The van der Waals surface area contributed by atoms with E-state index >= 15 is 0 Å². The summed E-state index contributed by atoms with van der Waals surface area (Å²) >= 11 is 1.86. The third kappa shape index (κ3) is 12.4. The predicted octanol–water partition coefficient (Wildman–Crippen LogP) is 6.62. The molecule has 0 aliphatic carbocycles. The van der Waals surface area contributed by atoms with Crippen molar-refractivity contribution in [2.45, 2.75) is 101 Å². The first-order chi connectivity index (χ1) is 17.7.